The molecule has 0 saturated heterocycles. The highest BCUT2D eigenvalue weighted by Crippen LogP contribution is 2.40. The topological polar surface area (TPSA) is 193 Å². The molecule has 0 radical (unpaired) electrons. The highest BCUT2D eigenvalue weighted by Gasteiger charge is 2.49. The Balaban J connectivity index is 2.01. The maximum atomic E-state index is 12.1. The number of hydrogen-bond acceptors (Lipinski definition) is 7. The number of rotatable bonds is 6. The molecule has 11 nitrogen and oxygen atoms in total. The molecule has 0 aromatic carbocycles. The van der Waals surface area contributed by atoms with Crippen molar-refractivity contribution in [3.05, 3.63) is 0 Å². The van der Waals surface area contributed by atoms with Gasteiger partial charge >= 0.3 is 35.8 Å². The first-order valence-electron chi connectivity index (χ1n) is 8.19. The molecule has 0 heterocycles. The van der Waals surface area contributed by atoms with Crippen LogP contribution in [0.5, 0.6) is 0 Å². The molecular weight excluding hydrogens is 368 g/mol. The molecule has 11 heteroatoms. The molecule has 27 heavy (non-hydrogen) atoms. The molecule has 2 fully saturated rings. The summed E-state index contributed by atoms with van der Waals surface area (Å²) in [7, 11) is 0. The zero-order valence-electron chi connectivity index (χ0n) is 13.9. The Labute approximate surface area is 151 Å². The molecule has 0 spiro atoms. The second-order valence-electron chi connectivity index (χ2n) is 6.86. The van der Waals surface area contributed by atoms with Gasteiger partial charge in [0.2, 0.25) is 0 Å². The number of ether oxygens (including phenoxy) is 1. The summed E-state index contributed by atoms with van der Waals surface area (Å²) in [5.41, 5.74) is 0. The van der Waals surface area contributed by atoms with Gasteiger partial charge in [-0.3, -0.25) is 28.8 Å². The molecule has 2 aliphatic rings. The number of carboxylic acid groups (broad SMARTS) is 4. The molecule has 4 atom stereocenters. The molecule has 0 aliphatic heterocycles. The largest absolute Gasteiger partial charge is 0.481 e. The first kappa shape index (κ1) is 20.3. The van der Waals surface area contributed by atoms with Crippen molar-refractivity contribution in [3.8, 4) is 0 Å². The van der Waals surface area contributed by atoms with Crippen LogP contribution in [0.4, 0.5) is 0 Å². The van der Waals surface area contributed by atoms with Gasteiger partial charge in [-0.1, -0.05) is 0 Å². The summed E-state index contributed by atoms with van der Waals surface area (Å²) in [5, 5.41) is 36.2. The Kier molecular flexibility index (Phi) is 5.82. The van der Waals surface area contributed by atoms with Crippen LogP contribution < -0.4 is 0 Å². The van der Waals surface area contributed by atoms with E-state index in [1.807, 2.05) is 0 Å². The molecule has 148 valence electrons. The Bertz CT molecular complexity index is 594. The summed E-state index contributed by atoms with van der Waals surface area (Å²) in [4.78, 5) is 68.7. The van der Waals surface area contributed by atoms with Crippen molar-refractivity contribution in [2.75, 3.05) is 0 Å². The molecule has 2 saturated carbocycles. The number of carbonyl (C=O) groups excluding carboxylic acids is 2. The summed E-state index contributed by atoms with van der Waals surface area (Å²) in [6.07, 6.45) is -1.17. The standard InChI is InChI=1S/C16H18O11/c17-11(18)7-1-5(2-8(7)12(19)20)15(25)27-16(26)6-3-9(13(21)22)10(4-6)14(23)24/h5-10H,1-4H2,(H,17,18)(H,19,20)(H,21,22)(H,23,24). The lowest BCUT2D eigenvalue weighted by Gasteiger charge is -2.11. The first-order valence-corrected chi connectivity index (χ1v) is 8.19. The molecule has 0 bridgehead atoms. The van der Waals surface area contributed by atoms with E-state index in [0.717, 1.165) is 0 Å². The Morgan fingerprint density at radius 1 is 0.519 bits per heavy atom. The fourth-order valence-electron chi connectivity index (χ4n) is 3.82. The third kappa shape index (κ3) is 4.23. The van der Waals surface area contributed by atoms with Crippen LogP contribution >= 0.6 is 0 Å². The van der Waals surface area contributed by atoms with Crippen LogP contribution in [0.2, 0.25) is 0 Å². The SMILES string of the molecule is O=C(OC(=O)C1CC(C(=O)O)C(C(=O)O)C1)C1CC(C(=O)O)C(C(=O)O)C1. The zero-order chi connectivity index (χ0) is 20.5. The summed E-state index contributed by atoms with van der Waals surface area (Å²) >= 11 is 0. The minimum Gasteiger partial charge on any atom is -0.481 e. The minimum absolute atomic E-state index is 0.293. The quantitative estimate of drug-likeness (QED) is 0.345. The predicted molar refractivity (Wildman–Crippen MR) is 81.1 cm³/mol. The van der Waals surface area contributed by atoms with Gasteiger partial charge in [-0.05, 0) is 25.7 Å². The van der Waals surface area contributed by atoms with Gasteiger partial charge in [0, 0.05) is 0 Å². The fraction of sp³-hybridized carbons (Fsp3) is 0.625. The van der Waals surface area contributed by atoms with E-state index in [9.17, 15) is 28.8 Å². The first-order chi connectivity index (χ1) is 12.5. The van der Waals surface area contributed by atoms with Crippen LogP contribution in [-0.2, 0) is 33.5 Å². The summed E-state index contributed by atoms with van der Waals surface area (Å²) in [6.45, 7) is 0. The van der Waals surface area contributed by atoms with Gasteiger partial charge in [0.25, 0.3) is 0 Å². The van der Waals surface area contributed by atoms with E-state index in [4.69, 9.17) is 20.4 Å². The summed E-state index contributed by atoms with van der Waals surface area (Å²) < 4.78 is 4.68. The maximum Gasteiger partial charge on any atom is 0.316 e. The van der Waals surface area contributed by atoms with E-state index in [0.29, 0.717) is 0 Å². The van der Waals surface area contributed by atoms with Crippen LogP contribution in [0.25, 0.3) is 0 Å². The van der Waals surface area contributed by atoms with Gasteiger partial charge in [0.15, 0.2) is 0 Å². The molecule has 4 N–H and O–H groups in total. The average Bonchev–Trinajstić information content (AvgIpc) is 3.19. The number of carboxylic acids is 4. The van der Waals surface area contributed by atoms with Crippen molar-refractivity contribution in [2.45, 2.75) is 25.7 Å². The van der Waals surface area contributed by atoms with Crippen molar-refractivity contribution < 1.29 is 53.9 Å². The van der Waals surface area contributed by atoms with Gasteiger partial charge < -0.3 is 25.2 Å². The molecule has 0 aromatic heterocycles. The second kappa shape index (κ2) is 7.72. The molecule has 2 aliphatic carbocycles. The fourth-order valence-corrected chi connectivity index (χ4v) is 3.82. The lowest BCUT2D eigenvalue weighted by Crippen LogP contribution is -2.24. The third-order valence-corrected chi connectivity index (χ3v) is 5.26. The smallest absolute Gasteiger partial charge is 0.316 e. The van der Waals surface area contributed by atoms with E-state index in [-0.39, 0.29) is 25.7 Å². The van der Waals surface area contributed by atoms with Crippen LogP contribution in [0.3, 0.4) is 0 Å². The van der Waals surface area contributed by atoms with Gasteiger partial charge in [0.1, 0.15) is 0 Å². The van der Waals surface area contributed by atoms with Crippen molar-refractivity contribution in [3.63, 3.8) is 0 Å². The average molecular weight is 386 g/mol. The van der Waals surface area contributed by atoms with Crippen molar-refractivity contribution in [2.24, 2.45) is 35.5 Å². The van der Waals surface area contributed by atoms with Crippen molar-refractivity contribution >= 4 is 35.8 Å². The van der Waals surface area contributed by atoms with Gasteiger partial charge in [0.05, 0.1) is 35.5 Å². The number of carbonyl (C=O) groups is 6. The molecule has 2 rings (SSSR count). The number of esters is 2. The second-order valence-corrected chi connectivity index (χ2v) is 6.86. The molecule has 4 unspecified atom stereocenters. The summed E-state index contributed by atoms with van der Waals surface area (Å²) in [5.74, 6) is -15.0. The zero-order valence-corrected chi connectivity index (χ0v) is 13.9. The number of aliphatic carboxylic acids is 4. The maximum absolute atomic E-state index is 12.1. The van der Waals surface area contributed by atoms with E-state index in [1.165, 1.54) is 0 Å². The predicted octanol–water partition coefficient (Wildman–Crippen LogP) is -0.321. The van der Waals surface area contributed by atoms with Crippen LogP contribution in [-0.4, -0.2) is 56.2 Å². The molecular formula is C16H18O11. The van der Waals surface area contributed by atoms with E-state index < -0.39 is 71.3 Å². The summed E-state index contributed by atoms with van der Waals surface area (Å²) in [6, 6.07) is 0. The number of hydrogen-bond donors (Lipinski definition) is 4. The van der Waals surface area contributed by atoms with Crippen molar-refractivity contribution in [1.82, 2.24) is 0 Å². The Hall–Kier alpha value is -2.98. The Morgan fingerprint density at radius 3 is 0.926 bits per heavy atom. The van der Waals surface area contributed by atoms with E-state index in [1.54, 1.807) is 0 Å². The van der Waals surface area contributed by atoms with Gasteiger partial charge in [-0.15, -0.1) is 0 Å². The minimum atomic E-state index is -1.37. The van der Waals surface area contributed by atoms with Crippen LogP contribution in [0.1, 0.15) is 25.7 Å². The highest BCUT2D eigenvalue weighted by atomic mass is 16.6. The van der Waals surface area contributed by atoms with Crippen LogP contribution in [0, 0.1) is 35.5 Å². The van der Waals surface area contributed by atoms with E-state index in [2.05, 4.69) is 4.74 Å². The van der Waals surface area contributed by atoms with Crippen molar-refractivity contribution in [1.29, 1.82) is 0 Å². The van der Waals surface area contributed by atoms with Gasteiger partial charge in [-0.25, -0.2) is 0 Å². The third-order valence-electron chi connectivity index (χ3n) is 5.26. The van der Waals surface area contributed by atoms with Crippen LogP contribution in [0.15, 0.2) is 0 Å². The monoisotopic (exact) mass is 386 g/mol. The molecule has 0 aromatic rings. The highest BCUT2D eigenvalue weighted by molar-refractivity contribution is 5.91. The lowest BCUT2D eigenvalue weighted by molar-refractivity contribution is -0.165. The molecule has 0 amide bonds. The Morgan fingerprint density at radius 2 is 0.741 bits per heavy atom. The van der Waals surface area contributed by atoms with Gasteiger partial charge in [-0.2, -0.15) is 0 Å². The van der Waals surface area contributed by atoms with E-state index >= 15 is 0 Å². The lowest BCUT2D eigenvalue weighted by atomic mass is 9.97. The normalized spacial score (nSPS) is 32.6.